The second-order valence-electron chi connectivity index (χ2n) is 9.47. The highest BCUT2D eigenvalue weighted by Gasteiger charge is 2.27. The summed E-state index contributed by atoms with van der Waals surface area (Å²) in [6.07, 6.45) is 5.11. The van der Waals surface area contributed by atoms with Crippen LogP contribution >= 0.6 is 11.6 Å². The Balaban J connectivity index is 1.33. The number of benzene rings is 3. The van der Waals surface area contributed by atoms with Gasteiger partial charge in [0.15, 0.2) is 0 Å². The largest absolute Gasteiger partial charge is 0.324 e. The van der Waals surface area contributed by atoms with Gasteiger partial charge in [-0.15, -0.1) is 0 Å². The van der Waals surface area contributed by atoms with Gasteiger partial charge in [0.05, 0.1) is 5.69 Å². The number of nitrogens with zero attached hydrogens (tertiary/aromatic N) is 3. The number of halogens is 1. The van der Waals surface area contributed by atoms with Gasteiger partial charge < -0.3 is 10.2 Å². The fourth-order valence-electron chi connectivity index (χ4n) is 5.10. The van der Waals surface area contributed by atoms with Crippen molar-refractivity contribution in [1.29, 1.82) is 0 Å². The molecule has 0 bridgehead atoms. The van der Waals surface area contributed by atoms with Crippen molar-refractivity contribution in [2.75, 3.05) is 25.0 Å². The number of hydrogen-bond donors (Lipinski definition) is 1. The number of nitrogens with one attached hydrogen (secondary N) is 1. The third kappa shape index (κ3) is 5.45. The zero-order chi connectivity index (χ0) is 24.9. The monoisotopic (exact) mass is 496 g/mol. The Bertz CT molecular complexity index is 1300. The van der Waals surface area contributed by atoms with E-state index >= 15 is 0 Å². The van der Waals surface area contributed by atoms with E-state index in [0.29, 0.717) is 5.95 Å². The topological polar surface area (TPSA) is 41.0 Å². The summed E-state index contributed by atoms with van der Waals surface area (Å²) in [5.74, 6) is 0.892. The lowest BCUT2D eigenvalue weighted by Crippen LogP contribution is -2.26. The predicted molar refractivity (Wildman–Crippen MR) is 150 cm³/mol. The quantitative estimate of drug-likeness (QED) is 0.260. The summed E-state index contributed by atoms with van der Waals surface area (Å²) in [5, 5.41) is 4.17. The van der Waals surface area contributed by atoms with Crippen LogP contribution in [-0.2, 0) is 12.8 Å². The Hall–Kier alpha value is -3.21. The molecule has 1 atom stereocenters. The third-order valence-corrected chi connectivity index (χ3v) is 7.32. The fraction of sp³-hybridized carbons (Fsp3) is 0.290. The van der Waals surface area contributed by atoms with Crippen molar-refractivity contribution in [3.63, 3.8) is 0 Å². The highest BCUT2D eigenvalue weighted by molar-refractivity contribution is 6.30. The summed E-state index contributed by atoms with van der Waals surface area (Å²) in [6, 6.07) is 25.4. The fourth-order valence-corrected chi connectivity index (χ4v) is 5.23. The van der Waals surface area contributed by atoms with Crippen molar-refractivity contribution in [3.8, 4) is 11.3 Å². The first kappa shape index (κ1) is 24.5. The molecule has 3 aromatic carbocycles. The maximum atomic E-state index is 6.14. The van der Waals surface area contributed by atoms with Gasteiger partial charge in [0.1, 0.15) is 0 Å². The molecule has 0 amide bonds. The molecule has 1 aliphatic rings. The Morgan fingerprint density at radius 1 is 0.944 bits per heavy atom. The average molecular weight is 497 g/mol. The molecule has 5 heteroatoms. The van der Waals surface area contributed by atoms with Crippen LogP contribution in [0, 0.1) is 0 Å². The highest BCUT2D eigenvalue weighted by atomic mass is 35.5. The molecule has 0 fully saturated rings. The van der Waals surface area contributed by atoms with E-state index in [1.54, 1.807) is 0 Å². The SMILES string of the molecule is CCCN(CC)CCc1ccc(Nc2ncc3c(n2)-c2ccccc2C(c2ccc(Cl)cc2)C3)cc1. The number of hydrogen-bond acceptors (Lipinski definition) is 4. The van der Waals surface area contributed by atoms with E-state index in [9.17, 15) is 0 Å². The molecule has 0 spiro atoms. The Labute approximate surface area is 219 Å². The maximum Gasteiger partial charge on any atom is 0.227 e. The highest BCUT2D eigenvalue weighted by Crippen LogP contribution is 2.42. The minimum Gasteiger partial charge on any atom is -0.324 e. The lowest BCUT2D eigenvalue weighted by molar-refractivity contribution is 0.292. The molecular weight excluding hydrogens is 464 g/mol. The molecule has 1 aliphatic carbocycles. The predicted octanol–water partition coefficient (Wildman–Crippen LogP) is 7.50. The Kier molecular flexibility index (Phi) is 7.64. The lowest BCUT2D eigenvalue weighted by atomic mass is 9.78. The summed E-state index contributed by atoms with van der Waals surface area (Å²) in [7, 11) is 0. The molecule has 1 unspecified atom stereocenters. The zero-order valence-corrected chi connectivity index (χ0v) is 21.8. The molecule has 4 aromatic rings. The van der Waals surface area contributed by atoms with Crippen molar-refractivity contribution < 1.29 is 0 Å². The van der Waals surface area contributed by atoms with E-state index in [1.807, 2.05) is 18.3 Å². The number of fused-ring (bicyclic) bond motifs is 3. The van der Waals surface area contributed by atoms with Crippen LogP contribution in [0.25, 0.3) is 11.3 Å². The number of anilines is 2. The number of rotatable bonds is 9. The number of likely N-dealkylation sites (N-methyl/N-ethyl adjacent to an activating group) is 1. The standard InChI is InChI=1S/C31H33ClN4/c1-3-18-36(4-2)19-17-22-9-15-26(16-10-22)34-31-33-21-24-20-29(23-11-13-25(32)14-12-23)27-7-5-6-8-28(27)30(24)35-31/h5-16,21,29H,3-4,17-20H2,1-2H3,(H,33,34,35). The van der Waals surface area contributed by atoms with Gasteiger partial charge in [-0.3, -0.25) is 0 Å². The molecule has 5 rings (SSSR count). The zero-order valence-electron chi connectivity index (χ0n) is 21.0. The summed E-state index contributed by atoms with van der Waals surface area (Å²) >= 11 is 6.14. The normalized spacial score (nSPS) is 14.4. The first-order chi connectivity index (χ1) is 17.6. The van der Waals surface area contributed by atoms with E-state index in [0.717, 1.165) is 48.9 Å². The summed E-state index contributed by atoms with van der Waals surface area (Å²) < 4.78 is 0. The minimum absolute atomic E-state index is 0.266. The smallest absolute Gasteiger partial charge is 0.227 e. The van der Waals surface area contributed by atoms with Gasteiger partial charge in [0.2, 0.25) is 5.95 Å². The minimum atomic E-state index is 0.266. The molecule has 0 aliphatic heterocycles. The van der Waals surface area contributed by atoms with E-state index in [1.165, 1.54) is 34.2 Å². The van der Waals surface area contributed by atoms with Crippen LogP contribution in [0.3, 0.4) is 0 Å². The summed E-state index contributed by atoms with van der Waals surface area (Å²) in [4.78, 5) is 12.1. The molecule has 0 saturated heterocycles. The van der Waals surface area contributed by atoms with E-state index in [4.69, 9.17) is 16.6 Å². The van der Waals surface area contributed by atoms with Crippen molar-refractivity contribution in [2.24, 2.45) is 0 Å². The Morgan fingerprint density at radius 3 is 2.47 bits per heavy atom. The number of aromatic nitrogens is 2. The maximum absolute atomic E-state index is 6.14. The van der Waals surface area contributed by atoms with Crippen LogP contribution in [0.1, 0.15) is 48.4 Å². The van der Waals surface area contributed by atoms with Gasteiger partial charge in [-0.2, -0.15) is 0 Å². The van der Waals surface area contributed by atoms with Crippen LogP contribution < -0.4 is 5.32 Å². The molecule has 36 heavy (non-hydrogen) atoms. The van der Waals surface area contributed by atoms with Gasteiger partial charge in [0.25, 0.3) is 0 Å². The van der Waals surface area contributed by atoms with Gasteiger partial charge >= 0.3 is 0 Å². The van der Waals surface area contributed by atoms with Crippen LogP contribution in [0.15, 0.2) is 79.0 Å². The van der Waals surface area contributed by atoms with Crippen LogP contribution in [0.4, 0.5) is 11.6 Å². The van der Waals surface area contributed by atoms with Crippen molar-refractivity contribution in [1.82, 2.24) is 14.9 Å². The second kappa shape index (κ2) is 11.2. The molecule has 184 valence electrons. The van der Waals surface area contributed by atoms with E-state index in [-0.39, 0.29) is 5.92 Å². The van der Waals surface area contributed by atoms with Gasteiger partial charge in [-0.05, 0) is 78.9 Å². The molecule has 0 radical (unpaired) electrons. The summed E-state index contributed by atoms with van der Waals surface area (Å²) in [5.41, 5.74) is 8.27. The molecule has 0 saturated carbocycles. The van der Waals surface area contributed by atoms with Crippen molar-refractivity contribution in [3.05, 3.63) is 106 Å². The molecule has 1 heterocycles. The average Bonchev–Trinajstić information content (AvgIpc) is 2.92. The van der Waals surface area contributed by atoms with Crippen molar-refractivity contribution >= 4 is 23.2 Å². The second-order valence-corrected chi connectivity index (χ2v) is 9.91. The van der Waals surface area contributed by atoms with Crippen molar-refractivity contribution in [2.45, 2.75) is 39.0 Å². The first-order valence-electron chi connectivity index (χ1n) is 12.9. The molecule has 1 N–H and O–H groups in total. The Morgan fingerprint density at radius 2 is 1.72 bits per heavy atom. The van der Waals surface area contributed by atoms with Gasteiger partial charge in [0, 0.05) is 34.9 Å². The van der Waals surface area contributed by atoms with Gasteiger partial charge in [-0.1, -0.05) is 74.0 Å². The van der Waals surface area contributed by atoms with Crippen LogP contribution in [0.5, 0.6) is 0 Å². The third-order valence-electron chi connectivity index (χ3n) is 7.07. The molecular formula is C31H33ClN4. The lowest BCUT2D eigenvalue weighted by Gasteiger charge is -2.27. The van der Waals surface area contributed by atoms with E-state index < -0.39 is 0 Å². The molecule has 4 nitrogen and oxygen atoms in total. The van der Waals surface area contributed by atoms with Gasteiger partial charge in [-0.25, -0.2) is 9.97 Å². The summed E-state index contributed by atoms with van der Waals surface area (Å²) in [6.45, 7) is 7.84. The first-order valence-corrected chi connectivity index (χ1v) is 13.3. The van der Waals surface area contributed by atoms with E-state index in [2.05, 4.69) is 89.7 Å². The van der Waals surface area contributed by atoms with Crippen LogP contribution in [0.2, 0.25) is 5.02 Å². The van der Waals surface area contributed by atoms with Crippen LogP contribution in [-0.4, -0.2) is 34.5 Å². The molecule has 1 aromatic heterocycles.